The number of amidine groups is 1. The minimum atomic E-state index is -4.55. The van der Waals surface area contributed by atoms with Crippen molar-refractivity contribution in [3.8, 4) is 0 Å². The highest BCUT2D eigenvalue weighted by Gasteiger charge is 2.34. The Labute approximate surface area is 223 Å². The molecule has 0 radical (unpaired) electrons. The lowest BCUT2D eigenvalue weighted by Gasteiger charge is -2.35. The summed E-state index contributed by atoms with van der Waals surface area (Å²) < 4.78 is 67.2. The summed E-state index contributed by atoms with van der Waals surface area (Å²) in [6.07, 6.45) is -3.66. The molecule has 1 saturated heterocycles. The van der Waals surface area contributed by atoms with Crippen LogP contribution in [0.3, 0.4) is 0 Å². The lowest BCUT2D eigenvalue weighted by atomic mass is 10.1. The van der Waals surface area contributed by atoms with Crippen LogP contribution in [0.4, 0.5) is 22.0 Å². The van der Waals surface area contributed by atoms with Gasteiger partial charge >= 0.3 is 6.18 Å². The van der Waals surface area contributed by atoms with E-state index in [1.54, 1.807) is 35.4 Å². The van der Waals surface area contributed by atoms with Crippen molar-refractivity contribution >= 4 is 51.4 Å². The van der Waals surface area contributed by atoms with E-state index >= 15 is 0 Å². The quantitative estimate of drug-likeness (QED) is 0.295. The molecular weight excluding hydrogens is 549 g/mol. The average molecular weight is 570 g/mol. The minimum Gasteiger partial charge on any atom is -0.348 e. The van der Waals surface area contributed by atoms with Crippen molar-refractivity contribution in [1.29, 1.82) is 0 Å². The van der Waals surface area contributed by atoms with Crippen LogP contribution in [-0.2, 0) is 17.5 Å². The summed E-state index contributed by atoms with van der Waals surface area (Å²) in [6, 6.07) is 8.96. The molecule has 0 spiro atoms. The van der Waals surface area contributed by atoms with Gasteiger partial charge in [0.1, 0.15) is 0 Å². The molecule has 0 saturated carbocycles. The molecule has 3 heterocycles. The molecule has 2 aliphatic heterocycles. The van der Waals surface area contributed by atoms with E-state index in [4.69, 9.17) is 11.6 Å². The largest absolute Gasteiger partial charge is 0.416 e. The van der Waals surface area contributed by atoms with Gasteiger partial charge in [0.05, 0.1) is 35.3 Å². The Morgan fingerprint density at radius 3 is 2.55 bits per heavy atom. The zero-order valence-electron chi connectivity index (χ0n) is 19.8. The molecule has 0 atom stereocenters. The van der Waals surface area contributed by atoms with Gasteiger partial charge in [0.15, 0.2) is 5.17 Å². The van der Waals surface area contributed by atoms with E-state index in [1.807, 2.05) is 4.90 Å². The fourth-order valence-electron chi connectivity index (χ4n) is 4.43. The molecule has 200 valence electrons. The lowest BCUT2D eigenvalue weighted by Crippen LogP contribution is -2.48. The second-order valence-corrected chi connectivity index (χ2v) is 10.4. The first-order valence-electron chi connectivity index (χ1n) is 11.7. The van der Waals surface area contributed by atoms with E-state index in [9.17, 15) is 26.7 Å². The Balaban J connectivity index is 1.29. The van der Waals surface area contributed by atoms with Crippen LogP contribution in [0.2, 0.25) is 5.02 Å². The first-order chi connectivity index (χ1) is 18.1. The standard InChI is InChI=1S/C25H21ClF5N5OS/c26-18-3-2-16(19(11-18)25(29,30)31)13-36-20-4-1-15(9-17(20)12-32-36)10-21-23(37)33-24(38-21)35-7-5-34(6-8-35)14-22(27)28/h1-4,9-12,22H,5-8,13-14H2/b21-10-. The summed E-state index contributed by atoms with van der Waals surface area (Å²) in [5.74, 6) is -0.377. The highest BCUT2D eigenvalue weighted by Crippen LogP contribution is 2.35. The maximum atomic E-state index is 13.5. The second kappa shape index (κ2) is 10.7. The highest BCUT2D eigenvalue weighted by atomic mass is 35.5. The molecule has 2 aromatic carbocycles. The lowest BCUT2D eigenvalue weighted by molar-refractivity contribution is -0.138. The van der Waals surface area contributed by atoms with Crippen LogP contribution in [0.1, 0.15) is 16.7 Å². The van der Waals surface area contributed by atoms with Crippen molar-refractivity contribution in [3.05, 3.63) is 69.2 Å². The van der Waals surface area contributed by atoms with E-state index in [2.05, 4.69) is 10.1 Å². The van der Waals surface area contributed by atoms with Crippen molar-refractivity contribution in [2.45, 2.75) is 19.1 Å². The molecule has 2 aliphatic rings. The van der Waals surface area contributed by atoms with Gasteiger partial charge < -0.3 is 4.90 Å². The number of amides is 1. The fraction of sp³-hybridized carbons (Fsp3) is 0.320. The number of hydrogen-bond acceptors (Lipinski definition) is 5. The number of carbonyl (C=O) groups excluding carboxylic acids is 1. The van der Waals surface area contributed by atoms with Gasteiger partial charge in [-0.1, -0.05) is 23.7 Å². The van der Waals surface area contributed by atoms with E-state index < -0.39 is 18.2 Å². The normalized spacial score (nSPS) is 18.3. The average Bonchev–Trinajstić information content (AvgIpc) is 3.42. The van der Waals surface area contributed by atoms with Gasteiger partial charge in [-0.05, 0) is 53.2 Å². The maximum absolute atomic E-state index is 13.5. The van der Waals surface area contributed by atoms with Crippen LogP contribution in [0.15, 0.2) is 52.5 Å². The molecule has 0 N–H and O–H groups in total. The molecule has 5 rings (SSSR count). The second-order valence-electron chi connectivity index (χ2n) is 8.91. The molecule has 1 fully saturated rings. The summed E-state index contributed by atoms with van der Waals surface area (Å²) in [5, 5.41) is 5.52. The summed E-state index contributed by atoms with van der Waals surface area (Å²) in [4.78, 5) is 20.7. The number of piperazine rings is 1. The summed E-state index contributed by atoms with van der Waals surface area (Å²) in [5.41, 5.74) is 0.594. The highest BCUT2D eigenvalue weighted by molar-refractivity contribution is 8.18. The first kappa shape index (κ1) is 26.6. The summed E-state index contributed by atoms with van der Waals surface area (Å²) >= 11 is 7.02. The maximum Gasteiger partial charge on any atom is 0.416 e. The van der Waals surface area contributed by atoms with Crippen LogP contribution in [-0.4, -0.2) is 69.8 Å². The van der Waals surface area contributed by atoms with Gasteiger partial charge in [-0.15, -0.1) is 0 Å². The van der Waals surface area contributed by atoms with E-state index in [-0.39, 0.29) is 29.6 Å². The number of carbonyl (C=O) groups is 1. The number of rotatable bonds is 5. The molecule has 13 heteroatoms. The third-order valence-corrected chi connectivity index (χ3v) is 7.59. The van der Waals surface area contributed by atoms with Crippen molar-refractivity contribution < 1.29 is 26.7 Å². The van der Waals surface area contributed by atoms with E-state index in [1.165, 1.54) is 28.6 Å². The third kappa shape index (κ3) is 5.87. The van der Waals surface area contributed by atoms with Crippen LogP contribution in [0, 0.1) is 0 Å². The zero-order valence-corrected chi connectivity index (χ0v) is 21.3. The Kier molecular flexibility index (Phi) is 7.47. The number of aromatic nitrogens is 2. The number of halogens is 6. The Hall–Kier alpha value is -2.96. The number of alkyl halides is 5. The van der Waals surface area contributed by atoms with Gasteiger partial charge in [-0.2, -0.15) is 23.3 Å². The zero-order chi connectivity index (χ0) is 27.0. The van der Waals surface area contributed by atoms with Crippen LogP contribution >= 0.6 is 23.4 Å². The predicted molar refractivity (Wildman–Crippen MR) is 137 cm³/mol. The summed E-state index contributed by atoms with van der Waals surface area (Å²) in [6.45, 7) is 1.60. The Morgan fingerprint density at radius 2 is 1.84 bits per heavy atom. The minimum absolute atomic E-state index is 0.00421. The van der Waals surface area contributed by atoms with E-state index in [0.717, 1.165) is 6.07 Å². The van der Waals surface area contributed by atoms with Crippen molar-refractivity contribution in [2.24, 2.45) is 4.99 Å². The van der Waals surface area contributed by atoms with Crippen LogP contribution in [0.25, 0.3) is 17.0 Å². The number of hydrogen-bond donors (Lipinski definition) is 0. The molecule has 38 heavy (non-hydrogen) atoms. The number of thioether (sulfide) groups is 1. The smallest absolute Gasteiger partial charge is 0.348 e. The monoisotopic (exact) mass is 569 g/mol. The van der Waals surface area contributed by atoms with Crippen molar-refractivity contribution in [3.63, 3.8) is 0 Å². The molecule has 6 nitrogen and oxygen atoms in total. The van der Waals surface area contributed by atoms with Gasteiger partial charge in [0, 0.05) is 36.6 Å². The molecule has 1 aromatic heterocycles. The number of fused-ring (bicyclic) bond motifs is 1. The van der Waals surface area contributed by atoms with Crippen molar-refractivity contribution in [1.82, 2.24) is 19.6 Å². The number of benzene rings is 2. The molecule has 1 amide bonds. The Morgan fingerprint density at radius 1 is 1.08 bits per heavy atom. The fourth-order valence-corrected chi connectivity index (χ4v) is 5.57. The molecule has 0 unspecified atom stereocenters. The van der Waals surface area contributed by atoms with Gasteiger partial charge in [-0.3, -0.25) is 14.4 Å². The Bertz CT molecular complexity index is 1430. The molecule has 3 aromatic rings. The topological polar surface area (TPSA) is 53.7 Å². The number of aliphatic imine (C=N–C) groups is 1. The molecule has 0 bridgehead atoms. The van der Waals surface area contributed by atoms with Gasteiger partial charge in [-0.25, -0.2) is 8.78 Å². The first-order valence-corrected chi connectivity index (χ1v) is 12.9. The predicted octanol–water partition coefficient (Wildman–Crippen LogP) is 5.61. The van der Waals surface area contributed by atoms with Crippen LogP contribution in [0.5, 0.6) is 0 Å². The molecular formula is C25H21ClF5N5OS. The third-order valence-electron chi connectivity index (χ3n) is 6.31. The van der Waals surface area contributed by atoms with Crippen LogP contribution < -0.4 is 0 Å². The summed E-state index contributed by atoms with van der Waals surface area (Å²) in [7, 11) is 0. The SMILES string of the molecule is O=C1N=C(N2CCN(CC(F)F)CC2)S/C1=C\c1ccc2c(cnn2Cc2ccc(Cl)cc2C(F)(F)F)c1. The van der Waals surface area contributed by atoms with Gasteiger partial charge in [0.25, 0.3) is 12.3 Å². The number of nitrogens with zero attached hydrogens (tertiary/aromatic N) is 5. The molecule has 0 aliphatic carbocycles. The van der Waals surface area contributed by atoms with E-state index in [0.29, 0.717) is 52.7 Å². The van der Waals surface area contributed by atoms with Gasteiger partial charge in [0.2, 0.25) is 0 Å². The van der Waals surface area contributed by atoms with Crippen molar-refractivity contribution in [2.75, 3.05) is 32.7 Å².